The summed E-state index contributed by atoms with van der Waals surface area (Å²) in [6.45, 7) is 3.54. The highest BCUT2D eigenvalue weighted by molar-refractivity contribution is 5.83. The number of amides is 1. The summed E-state index contributed by atoms with van der Waals surface area (Å²) in [5.41, 5.74) is -0.145. The van der Waals surface area contributed by atoms with Gasteiger partial charge < -0.3 is 10.1 Å². The number of hydrogen-bond donors (Lipinski definition) is 2. The van der Waals surface area contributed by atoms with Gasteiger partial charge in [-0.2, -0.15) is 0 Å². The van der Waals surface area contributed by atoms with E-state index in [2.05, 4.69) is 5.32 Å². The largest absolute Gasteiger partial charge is 0.451 e. The van der Waals surface area contributed by atoms with E-state index in [-0.39, 0.29) is 5.92 Å². The summed E-state index contributed by atoms with van der Waals surface area (Å²) in [7, 11) is 0. The smallest absolute Gasteiger partial charge is 0.328 e. The van der Waals surface area contributed by atoms with Crippen LogP contribution >= 0.6 is 0 Å². The summed E-state index contributed by atoms with van der Waals surface area (Å²) >= 11 is 0. The highest BCUT2D eigenvalue weighted by atomic mass is 16.5. The Hall–Kier alpha value is -3.16. The van der Waals surface area contributed by atoms with Gasteiger partial charge in [-0.3, -0.25) is 23.9 Å². The Labute approximate surface area is 156 Å². The second-order valence-electron chi connectivity index (χ2n) is 6.13. The van der Waals surface area contributed by atoms with Crippen LogP contribution in [0.5, 0.6) is 0 Å². The van der Waals surface area contributed by atoms with Crippen molar-refractivity contribution in [3.8, 4) is 0 Å². The molecule has 2 aromatic rings. The lowest BCUT2D eigenvalue weighted by Crippen LogP contribution is -2.39. The molecule has 0 bridgehead atoms. The molecule has 0 radical (unpaired) electrons. The molecule has 0 unspecified atom stereocenters. The van der Waals surface area contributed by atoms with E-state index in [4.69, 9.17) is 4.74 Å². The molecule has 0 aliphatic carbocycles. The summed E-state index contributed by atoms with van der Waals surface area (Å²) in [6, 6.07) is 11.0. The minimum absolute atomic E-state index is 0.165. The van der Waals surface area contributed by atoms with Gasteiger partial charge in [0.2, 0.25) is 0 Å². The fourth-order valence-corrected chi connectivity index (χ4v) is 2.59. The van der Waals surface area contributed by atoms with Gasteiger partial charge in [0.1, 0.15) is 6.54 Å². The first-order valence-electron chi connectivity index (χ1n) is 8.72. The molecule has 0 saturated carbocycles. The number of hydrogen-bond acceptors (Lipinski definition) is 5. The van der Waals surface area contributed by atoms with Crippen LogP contribution in [0.3, 0.4) is 0 Å². The SMILES string of the molecule is CC[C@H](CNC(=O)[C@H](C)OC(=O)Cn1ccc(=O)[nH]c1=O)c1ccccc1. The number of carbonyl (C=O) groups excluding carboxylic acids is 2. The lowest BCUT2D eigenvalue weighted by atomic mass is 9.96. The maximum absolute atomic E-state index is 12.2. The minimum Gasteiger partial charge on any atom is -0.451 e. The maximum atomic E-state index is 12.2. The Balaban J connectivity index is 1.86. The van der Waals surface area contributed by atoms with Crippen molar-refractivity contribution in [2.45, 2.75) is 38.8 Å². The van der Waals surface area contributed by atoms with Crippen LogP contribution < -0.4 is 16.6 Å². The molecular formula is C19H23N3O5. The number of nitrogens with zero attached hydrogens (tertiary/aromatic N) is 1. The van der Waals surface area contributed by atoms with Gasteiger partial charge in [-0.15, -0.1) is 0 Å². The van der Waals surface area contributed by atoms with Crippen LogP contribution in [-0.4, -0.2) is 34.1 Å². The third-order valence-corrected chi connectivity index (χ3v) is 4.16. The molecule has 0 aliphatic heterocycles. The fraction of sp³-hybridized carbons (Fsp3) is 0.368. The molecule has 2 N–H and O–H groups in total. The Kier molecular flexibility index (Phi) is 7.10. The van der Waals surface area contributed by atoms with Crippen LogP contribution in [0.25, 0.3) is 0 Å². The maximum Gasteiger partial charge on any atom is 0.328 e. The molecule has 27 heavy (non-hydrogen) atoms. The number of aromatic amines is 1. The van der Waals surface area contributed by atoms with Crippen LogP contribution in [0, 0.1) is 0 Å². The topological polar surface area (TPSA) is 110 Å². The highest BCUT2D eigenvalue weighted by Crippen LogP contribution is 2.17. The second-order valence-corrected chi connectivity index (χ2v) is 6.13. The van der Waals surface area contributed by atoms with E-state index in [0.717, 1.165) is 22.6 Å². The zero-order chi connectivity index (χ0) is 19.8. The van der Waals surface area contributed by atoms with E-state index in [1.165, 1.54) is 13.1 Å². The van der Waals surface area contributed by atoms with Gasteiger partial charge in [0.25, 0.3) is 11.5 Å². The molecule has 2 rings (SSSR count). The zero-order valence-corrected chi connectivity index (χ0v) is 15.3. The molecule has 0 aliphatic rings. The minimum atomic E-state index is -0.996. The van der Waals surface area contributed by atoms with Gasteiger partial charge in [-0.05, 0) is 18.9 Å². The summed E-state index contributed by atoms with van der Waals surface area (Å²) in [4.78, 5) is 48.7. The average Bonchev–Trinajstić information content (AvgIpc) is 2.65. The standard InChI is InChI=1S/C19H23N3O5/c1-3-14(15-7-5-4-6-8-15)11-20-18(25)13(2)27-17(24)12-22-10-9-16(23)21-19(22)26/h4-10,13-14H,3,11-12H2,1-2H3,(H,20,25)(H,21,23,26)/t13-,14+/m0/s1. The van der Waals surface area contributed by atoms with E-state index >= 15 is 0 Å². The fourth-order valence-electron chi connectivity index (χ4n) is 2.59. The van der Waals surface area contributed by atoms with E-state index in [1.54, 1.807) is 0 Å². The third-order valence-electron chi connectivity index (χ3n) is 4.16. The van der Waals surface area contributed by atoms with Crippen molar-refractivity contribution in [1.29, 1.82) is 0 Å². The molecule has 1 aromatic carbocycles. The van der Waals surface area contributed by atoms with Gasteiger partial charge in [0, 0.05) is 24.7 Å². The van der Waals surface area contributed by atoms with E-state index in [0.29, 0.717) is 6.54 Å². The number of nitrogens with one attached hydrogen (secondary N) is 2. The molecular weight excluding hydrogens is 350 g/mol. The molecule has 2 atom stereocenters. The monoisotopic (exact) mass is 373 g/mol. The van der Waals surface area contributed by atoms with Crippen molar-refractivity contribution in [2.24, 2.45) is 0 Å². The molecule has 0 fully saturated rings. The quantitative estimate of drug-likeness (QED) is 0.665. The van der Waals surface area contributed by atoms with Gasteiger partial charge in [-0.1, -0.05) is 37.3 Å². The van der Waals surface area contributed by atoms with Gasteiger partial charge >= 0.3 is 11.7 Å². The van der Waals surface area contributed by atoms with E-state index in [9.17, 15) is 19.2 Å². The molecule has 1 aromatic heterocycles. The molecule has 0 saturated heterocycles. The van der Waals surface area contributed by atoms with Crippen molar-refractivity contribution < 1.29 is 14.3 Å². The molecule has 0 spiro atoms. The molecule has 8 heteroatoms. The van der Waals surface area contributed by atoms with E-state index in [1.807, 2.05) is 42.2 Å². The molecule has 8 nitrogen and oxygen atoms in total. The van der Waals surface area contributed by atoms with E-state index < -0.39 is 35.8 Å². The van der Waals surface area contributed by atoms with Crippen molar-refractivity contribution in [1.82, 2.24) is 14.9 Å². The van der Waals surface area contributed by atoms with Gasteiger partial charge in [0.05, 0.1) is 0 Å². The summed E-state index contributed by atoms with van der Waals surface area (Å²) in [6.07, 6.45) is 1.05. The molecule has 1 heterocycles. The van der Waals surface area contributed by atoms with Crippen LogP contribution in [0.15, 0.2) is 52.2 Å². The van der Waals surface area contributed by atoms with Gasteiger partial charge in [0.15, 0.2) is 6.10 Å². The number of rotatable bonds is 8. The Morgan fingerprint density at radius 2 is 1.89 bits per heavy atom. The second kappa shape index (κ2) is 9.51. The molecule has 144 valence electrons. The summed E-state index contributed by atoms with van der Waals surface area (Å²) in [5.74, 6) is -0.994. The number of esters is 1. The lowest BCUT2D eigenvalue weighted by Gasteiger charge is -2.18. The summed E-state index contributed by atoms with van der Waals surface area (Å²) in [5, 5.41) is 2.79. The van der Waals surface area contributed by atoms with Gasteiger partial charge in [-0.25, -0.2) is 4.79 Å². The Morgan fingerprint density at radius 3 is 2.52 bits per heavy atom. The number of ether oxygens (including phenoxy) is 1. The number of carbonyl (C=O) groups is 2. The third kappa shape index (κ3) is 5.95. The van der Waals surface area contributed by atoms with Crippen LogP contribution in [0.4, 0.5) is 0 Å². The first-order valence-corrected chi connectivity index (χ1v) is 8.72. The van der Waals surface area contributed by atoms with Crippen molar-refractivity contribution in [2.75, 3.05) is 6.54 Å². The zero-order valence-electron chi connectivity index (χ0n) is 15.3. The average molecular weight is 373 g/mol. The molecule has 1 amide bonds. The van der Waals surface area contributed by atoms with Crippen LogP contribution in [0.1, 0.15) is 31.7 Å². The first-order chi connectivity index (χ1) is 12.9. The lowest BCUT2D eigenvalue weighted by molar-refractivity contribution is -0.155. The van der Waals surface area contributed by atoms with Crippen LogP contribution in [0.2, 0.25) is 0 Å². The number of benzene rings is 1. The highest BCUT2D eigenvalue weighted by Gasteiger charge is 2.19. The van der Waals surface area contributed by atoms with Crippen molar-refractivity contribution in [3.63, 3.8) is 0 Å². The Bertz CT molecular complexity index is 888. The predicted molar refractivity (Wildman–Crippen MR) is 99.4 cm³/mol. The summed E-state index contributed by atoms with van der Waals surface area (Å²) < 4.78 is 6.07. The number of aromatic nitrogens is 2. The van der Waals surface area contributed by atoms with Crippen LogP contribution in [-0.2, 0) is 20.9 Å². The van der Waals surface area contributed by atoms with Crippen molar-refractivity contribution in [3.05, 3.63) is 69.0 Å². The number of H-pyrrole nitrogens is 1. The predicted octanol–water partition coefficient (Wildman–Crippen LogP) is 0.778. The normalized spacial score (nSPS) is 12.8. The first kappa shape index (κ1) is 20.2. The van der Waals surface area contributed by atoms with Crippen molar-refractivity contribution >= 4 is 11.9 Å². The Morgan fingerprint density at radius 1 is 1.19 bits per heavy atom.